The number of fused-ring (bicyclic) bond motifs is 3. The maximum atomic E-state index is 4.29. The summed E-state index contributed by atoms with van der Waals surface area (Å²) in [6.45, 7) is 6.48. The molecular weight excluding hydrogens is 328 g/mol. The summed E-state index contributed by atoms with van der Waals surface area (Å²) < 4.78 is 1.33. The average Bonchev–Trinajstić information content (AvgIpc) is 2.99. The van der Waals surface area contributed by atoms with Crippen molar-refractivity contribution >= 4 is 44.3 Å². The standard InChI is InChI=1S/C22H18S2/c1-3-16-9-12-17(13-10-16)18-11-8-15(2)21-22(23-14-18)19-6-4-5-7-20(19)24-21/h4-14H,2-3H2,1H3/b11-8-,18-14+. The first-order valence-corrected chi connectivity index (χ1v) is 9.81. The molecule has 0 saturated carbocycles. The Labute approximate surface area is 151 Å². The van der Waals surface area contributed by atoms with E-state index in [0.717, 1.165) is 12.0 Å². The van der Waals surface area contributed by atoms with Gasteiger partial charge < -0.3 is 0 Å². The molecule has 0 unspecified atom stereocenters. The number of allylic oxidation sites excluding steroid dienone is 4. The minimum Gasteiger partial charge on any atom is -0.134 e. The van der Waals surface area contributed by atoms with Crippen LogP contribution >= 0.6 is 23.1 Å². The Morgan fingerprint density at radius 1 is 0.958 bits per heavy atom. The minimum absolute atomic E-state index is 1.07. The van der Waals surface area contributed by atoms with Gasteiger partial charge in [-0.05, 0) is 40.2 Å². The lowest BCUT2D eigenvalue weighted by atomic mass is 10.0. The van der Waals surface area contributed by atoms with Crippen LogP contribution in [0.5, 0.6) is 0 Å². The summed E-state index contributed by atoms with van der Waals surface area (Å²) in [6, 6.07) is 17.5. The number of rotatable bonds is 2. The number of thioether (sulfide) groups is 1. The van der Waals surface area contributed by atoms with E-state index in [1.165, 1.54) is 36.6 Å². The SMILES string of the molecule is C=C1/C=C\C(c2ccc(CC)cc2)=C/Sc2c1sc1ccccc21. The minimum atomic E-state index is 1.07. The molecule has 0 radical (unpaired) electrons. The van der Waals surface area contributed by atoms with Crippen molar-refractivity contribution in [3.8, 4) is 0 Å². The Morgan fingerprint density at radius 3 is 2.54 bits per heavy atom. The lowest BCUT2D eigenvalue weighted by molar-refractivity contribution is 1.14. The summed E-state index contributed by atoms with van der Waals surface area (Å²) in [5.74, 6) is 0. The van der Waals surface area contributed by atoms with E-state index in [9.17, 15) is 0 Å². The molecule has 118 valence electrons. The van der Waals surface area contributed by atoms with Gasteiger partial charge in [0.2, 0.25) is 0 Å². The number of aryl methyl sites for hydroxylation is 1. The van der Waals surface area contributed by atoms with E-state index >= 15 is 0 Å². The number of hydrogen-bond donors (Lipinski definition) is 0. The predicted octanol–water partition coefficient (Wildman–Crippen LogP) is 7.18. The Balaban J connectivity index is 1.79. The maximum absolute atomic E-state index is 4.29. The van der Waals surface area contributed by atoms with Crippen LogP contribution in [-0.4, -0.2) is 0 Å². The first-order valence-electron chi connectivity index (χ1n) is 8.11. The van der Waals surface area contributed by atoms with Gasteiger partial charge in [-0.15, -0.1) is 11.3 Å². The lowest BCUT2D eigenvalue weighted by Gasteiger charge is -2.09. The molecule has 0 atom stereocenters. The van der Waals surface area contributed by atoms with Crippen molar-refractivity contribution in [2.45, 2.75) is 18.2 Å². The van der Waals surface area contributed by atoms with Crippen molar-refractivity contribution in [3.63, 3.8) is 0 Å². The molecule has 0 fully saturated rings. The third-order valence-corrected chi connectivity index (χ3v) is 6.71. The third-order valence-electron chi connectivity index (χ3n) is 4.30. The molecular formula is C22H18S2. The van der Waals surface area contributed by atoms with Crippen LogP contribution in [0.1, 0.15) is 22.9 Å². The van der Waals surface area contributed by atoms with Crippen LogP contribution in [0.4, 0.5) is 0 Å². The van der Waals surface area contributed by atoms with Crippen molar-refractivity contribution in [2.75, 3.05) is 0 Å². The van der Waals surface area contributed by atoms with Crippen LogP contribution in [0.3, 0.4) is 0 Å². The molecule has 0 aliphatic carbocycles. The largest absolute Gasteiger partial charge is 0.134 e. The quantitative estimate of drug-likeness (QED) is 0.473. The van der Waals surface area contributed by atoms with Crippen LogP contribution in [-0.2, 0) is 6.42 Å². The third kappa shape index (κ3) is 2.77. The zero-order valence-corrected chi connectivity index (χ0v) is 15.2. The van der Waals surface area contributed by atoms with Crippen molar-refractivity contribution in [3.05, 3.63) is 88.7 Å². The first kappa shape index (κ1) is 15.5. The highest BCUT2D eigenvalue weighted by Crippen LogP contribution is 2.44. The molecule has 4 rings (SSSR count). The van der Waals surface area contributed by atoms with Crippen molar-refractivity contribution in [1.82, 2.24) is 0 Å². The first-order chi connectivity index (χ1) is 11.8. The Bertz CT molecular complexity index is 969. The van der Waals surface area contributed by atoms with Crippen LogP contribution in [0.15, 0.2) is 77.6 Å². The fraction of sp³-hybridized carbons (Fsp3) is 0.0909. The van der Waals surface area contributed by atoms with Crippen LogP contribution in [0.2, 0.25) is 0 Å². The van der Waals surface area contributed by atoms with Crippen LogP contribution in [0.25, 0.3) is 21.2 Å². The van der Waals surface area contributed by atoms with E-state index in [1.54, 1.807) is 0 Å². The molecule has 1 aliphatic rings. The fourth-order valence-electron chi connectivity index (χ4n) is 2.88. The van der Waals surface area contributed by atoms with Crippen molar-refractivity contribution in [1.29, 1.82) is 0 Å². The molecule has 0 amide bonds. The van der Waals surface area contributed by atoms with Gasteiger partial charge in [-0.1, -0.05) is 79.9 Å². The normalized spacial score (nSPS) is 17.7. The lowest BCUT2D eigenvalue weighted by Crippen LogP contribution is -1.86. The number of thiophene rings is 1. The van der Waals surface area contributed by atoms with Gasteiger partial charge >= 0.3 is 0 Å². The van der Waals surface area contributed by atoms with E-state index in [0.29, 0.717) is 0 Å². The monoisotopic (exact) mass is 346 g/mol. The maximum Gasteiger partial charge on any atom is 0.0488 e. The summed E-state index contributed by atoms with van der Waals surface area (Å²) in [5, 5.41) is 3.60. The molecule has 0 spiro atoms. The second-order valence-electron chi connectivity index (χ2n) is 5.86. The molecule has 0 N–H and O–H groups in total. The molecule has 0 nitrogen and oxygen atoms in total. The molecule has 0 bridgehead atoms. The number of benzene rings is 2. The Morgan fingerprint density at radius 2 is 1.75 bits per heavy atom. The molecule has 2 aromatic carbocycles. The van der Waals surface area contributed by atoms with Crippen molar-refractivity contribution in [2.24, 2.45) is 0 Å². The highest BCUT2D eigenvalue weighted by atomic mass is 32.2. The van der Waals surface area contributed by atoms with E-state index in [2.05, 4.69) is 79.6 Å². The average molecular weight is 347 g/mol. The molecule has 1 aromatic heterocycles. The molecule has 2 heteroatoms. The van der Waals surface area contributed by atoms with E-state index in [4.69, 9.17) is 0 Å². The summed E-state index contributed by atoms with van der Waals surface area (Å²) in [5.41, 5.74) is 4.96. The van der Waals surface area contributed by atoms with Gasteiger partial charge in [-0.3, -0.25) is 0 Å². The van der Waals surface area contributed by atoms with Crippen LogP contribution < -0.4 is 0 Å². The zero-order chi connectivity index (χ0) is 16.5. The van der Waals surface area contributed by atoms with Gasteiger partial charge in [0.25, 0.3) is 0 Å². The van der Waals surface area contributed by atoms with Gasteiger partial charge in [0, 0.05) is 19.9 Å². The van der Waals surface area contributed by atoms with E-state index < -0.39 is 0 Å². The highest BCUT2D eigenvalue weighted by molar-refractivity contribution is 8.02. The smallest absolute Gasteiger partial charge is 0.0488 e. The molecule has 2 heterocycles. The van der Waals surface area contributed by atoms with Crippen LogP contribution in [0, 0.1) is 0 Å². The summed E-state index contributed by atoms with van der Waals surface area (Å²) >= 11 is 3.64. The Hall–Kier alpha value is -2.03. The van der Waals surface area contributed by atoms with Gasteiger partial charge in [-0.2, -0.15) is 0 Å². The van der Waals surface area contributed by atoms with Gasteiger partial charge in [0.1, 0.15) is 0 Å². The van der Waals surface area contributed by atoms with Gasteiger partial charge in [0.15, 0.2) is 0 Å². The summed E-state index contributed by atoms with van der Waals surface area (Å²) in [6.07, 6.45) is 5.40. The zero-order valence-electron chi connectivity index (χ0n) is 13.6. The fourth-order valence-corrected chi connectivity index (χ4v) is 5.26. The second-order valence-corrected chi connectivity index (χ2v) is 7.79. The summed E-state index contributed by atoms with van der Waals surface area (Å²) in [4.78, 5) is 2.61. The van der Waals surface area contributed by atoms with Gasteiger partial charge in [-0.25, -0.2) is 0 Å². The Kier molecular flexibility index (Phi) is 4.17. The van der Waals surface area contributed by atoms with Crippen molar-refractivity contribution < 1.29 is 0 Å². The summed E-state index contributed by atoms with van der Waals surface area (Å²) in [7, 11) is 0. The molecule has 0 saturated heterocycles. The number of hydrogen-bond acceptors (Lipinski definition) is 2. The van der Waals surface area contributed by atoms with E-state index in [1.807, 2.05) is 23.1 Å². The molecule has 3 aromatic rings. The topological polar surface area (TPSA) is 0 Å². The predicted molar refractivity (Wildman–Crippen MR) is 110 cm³/mol. The van der Waals surface area contributed by atoms with E-state index in [-0.39, 0.29) is 0 Å². The highest BCUT2D eigenvalue weighted by Gasteiger charge is 2.15. The second kappa shape index (κ2) is 6.46. The molecule has 24 heavy (non-hydrogen) atoms. The molecule has 1 aliphatic heterocycles. The van der Waals surface area contributed by atoms with Gasteiger partial charge in [0.05, 0.1) is 0 Å².